The van der Waals surface area contributed by atoms with Gasteiger partial charge in [-0.25, -0.2) is 0 Å². The predicted molar refractivity (Wildman–Crippen MR) is 39.4 cm³/mol. The molecule has 1 unspecified atom stereocenters. The highest BCUT2D eigenvalue weighted by molar-refractivity contribution is 5.80. The summed E-state index contributed by atoms with van der Waals surface area (Å²) in [6, 6.07) is 0. The molecule has 1 amide bonds. The van der Waals surface area contributed by atoms with Gasteiger partial charge in [0.25, 0.3) is 0 Å². The maximum Gasteiger partial charge on any atom is 0.227 e. The molecule has 0 saturated carbocycles. The number of carbonyl (C=O) groups is 1. The first-order valence-electron chi connectivity index (χ1n) is 3.78. The van der Waals surface area contributed by atoms with E-state index >= 15 is 0 Å². The average Bonchev–Trinajstić information content (AvgIpc) is 2.30. The first kappa shape index (κ1) is 7.54. The highest BCUT2D eigenvalue weighted by Crippen LogP contribution is 2.15. The number of amides is 1. The molecule has 0 spiro atoms. The van der Waals surface area contributed by atoms with Gasteiger partial charge in [-0.05, 0) is 13.3 Å². The zero-order valence-electron chi connectivity index (χ0n) is 6.34. The van der Waals surface area contributed by atoms with Crippen LogP contribution in [0.2, 0.25) is 0 Å². The van der Waals surface area contributed by atoms with Gasteiger partial charge in [-0.3, -0.25) is 4.79 Å². The van der Waals surface area contributed by atoms with E-state index in [1.165, 1.54) is 0 Å². The van der Waals surface area contributed by atoms with Gasteiger partial charge in [-0.15, -0.1) is 0 Å². The number of hydrogen-bond donors (Lipinski definition) is 1. The van der Waals surface area contributed by atoms with Gasteiger partial charge in [0.15, 0.2) is 0 Å². The Kier molecular flexibility index (Phi) is 2.27. The molecule has 1 aliphatic rings. The molecular formula is C7H14N2O. The van der Waals surface area contributed by atoms with Gasteiger partial charge < -0.3 is 10.6 Å². The summed E-state index contributed by atoms with van der Waals surface area (Å²) in [6.07, 6.45) is 0.948. The van der Waals surface area contributed by atoms with Gasteiger partial charge in [-0.1, -0.05) is 0 Å². The number of rotatable bonds is 2. The topological polar surface area (TPSA) is 46.3 Å². The van der Waals surface area contributed by atoms with Crippen LogP contribution in [0.1, 0.15) is 13.3 Å². The maximum atomic E-state index is 11.2. The third-order valence-corrected chi connectivity index (χ3v) is 2.07. The highest BCUT2D eigenvalue weighted by Gasteiger charge is 2.28. The number of likely N-dealkylation sites (tertiary alicyclic amines) is 1. The first-order valence-corrected chi connectivity index (χ1v) is 3.78. The average molecular weight is 142 g/mol. The van der Waals surface area contributed by atoms with E-state index in [1.54, 1.807) is 0 Å². The monoisotopic (exact) mass is 142 g/mol. The lowest BCUT2D eigenvalue weighted by Crippen LogP contribution is -2.29. The number of nitrogens with zero attached hydrogens (tertiary/aromatic N) is 1. The zero-order chi connectivity index (χ0) is 7.56. The summed E-state index contributed by atoms with van der Waals surface area (Å²) in [6.45, 7) is 4.23. The Labute approximate surface area is 61.2 Å². The summed E-state index contributed by atoms with van der Waals surface area (Å²) in [7, 11) is 0. The number of nitrogens with two attached hydrogens (primary N) is 1. The normalized spacial score (nSPS) is 26.0. The Morgan fingerprint density at radius 2 is 2.50 bits per heavy atom. The van der Waals surface area contributed by atoms with E-state index in [-0.39, 0.29) is 11.8 Å². The van der Waals surface area contributed by atoms with Crippen LogP contribution in [0.4, 0.5) is 0 Å². The number of carbonyl (C=O) groups excluding carboxylic acids is 1. The van der Waals surface area contributed by atoms with Crippen molar-refractivity contribution in [2.75, 3.05) is 19.6 Å². The van der Waals surface area contributed by atoms with Crippen LogP contribution in [0.25, 0.3) is 0 Å². The van der Waals surface area contributed by atoms with Crippen LogP contribution in [-0.4, -0.2) is 30.4 Å². The Hall–Kier alpha value is -0.570. The fraction of sp³-hybridized carbons (Fsp3) is 0.857. The Morgan fingerprint density at radius 3 is 2.80 bits per heavy atom. The second kappa shape index (κ2) is 3.01. The van der Waals surface area contributed by atoms with Gasteiger partial charge >= 0.3 is 0 Å². The van der Waals surface area contributed by atoms with E-state index in [4.69, 9.17) is 5.73 Å². The van der Waals surface area contributed by atoms with Crippen LogP contribution in [0, 0.1) is 5.92 Å². The molecule has 0 radical (unpaired) electrons. The van der Waals surface area contributed by atoms with Crippen LogP contribution in [0.3, 0.4) is 0 Å². The van der Waals surface area contributed by atoms with E-state index in [0.717, 1.165) is 19.5 Å². The number of hydrogen-bond acceptors (Lipinski definition) is 2. The van der Waals surface area contributed by atoms with Crippen molar-refractivity contribution in [1.82, 2.24) is 4.90 Å². The summed E-state index contributed by atoms with van der Waals surface area (Å²) in [5, 5.41) is 0. The Bertz CT molecular complexity index is 122. The molecule has 10 heavy (non-hydrogen) atoms. The summed E-state index contributed by atoms with van der Waals surface area (Å²) in [5.41, 5.74) is 5.39. The van der Waals surface area contributed by atoms with Crippen LogP contribution in [0.15, 0.2) is 0 Å². The Balaban J connectivity index is 2.49. The van der Waals surface area contributed by atoms with Crippen molar-refractivity contribution in [2.45, 2.75) is 13.3 Å². The molecule has 1 atom stereocenters. The van der Waals surface area contributed by atoms with Crippen LogP contribution >= 0.6 is 0 Å². The molecule has 1 rings (SSSR count). The molecule has 1 saturated heterocycles. The fourth-order valence-electron chi connectivity index (χ4n) is 1.34. The highest BCUT2D eigenvalue weighted by atomic mass is 16.2. The molecule has 0 aromatic rings. The van der Waals surface area contributed by atoms with E-state index in [9.17, 15) is 4.79 Å². The minimum Gasteiger partial charge on any atom is -0.343 e. The lowest BCUT2D eigenvalue weighted by Gasteiger charge is -2.12. The third kappa shape index (κ3) is 1.14. The fourth-order valence-corrected chi connectivity index (χ4v) is 1.34. The minimum atomic E-state index is 0.111. The zero-order valence-corrected chi connectivity index (χ0v) is 6.34. The molecule has 2 N–H and O–H groups in total. The first-order chi connectivity index (χ1) is 4.79. The van der Waals surface area contributed by atoms with Gasteiger partial charge in [0.2, 0.25) is 5.91 Å². The molecule has 0 bridgehead atoms. The van der Waals surface area contributed by atoms with Crippen molar-refractivity contribution in [3.8, 4) is 0 Å². The molecule has 3 nitrogen and oxygen atoms in total. The molecule has 0 aromatic heterocycles. The molecular weight excluding hydrogens is 128 g/mol. The summed E-state index contributed by atoms with van der Waals surface area (Å²) < 4.78 is 0. The second-order valence-corrected chi connectivity index (χ2v) is 2.64. The van der Waals surface area contributed by atoms with Gasteiger partial charge in [0.05, 0.1) is 5.92 Å². The molecule has 58 valence electrons. The molecule has 1 heterocycles. The van der Waals surface area contributed by atoms with Crippen molar-refractivity contribution >= 4 is 5.91 Å². The van der Waals surface area contributed by atoms with Crippen LogP contribution in [-0.2, 0) is 4.79 Å². The second-order valence-electron chi connectivity index (χ2n) is 2.64. The Morgan fingerprint density at radius 1 is 1.80 bits per heavy atom. The molecule has 0 aliphatic carbocycles. The van der Waals surface area contributed by atoms with Crippen molar-refractivity contribution in [2.24, 2.45) is 11.7 Å². The largest absolute Gasteiger partial charge is 0.343 e. The molecule has 1 fully saturated rings. The molecule has 3 heteroatoms. The summed E-state index contributed by atoms with van der Waals surface area (Å²) in [5.74, 6) is 0.352. The van der Waals surface area contributed by atoms with Gasteiger partial charge in [-0.2, -0.15) is 0 Å². The van der Waals surface area contributed by atoms with Crippen LogP contribution in [0.5, 0.6) is 0 Å². The summed E-state index contributed by atoms with van der Waals surface area (Å²) in [4.78, 5) is 13.1. The van der Waals surface area contributed by atoms with Gasteiger partial charge in [0.1, 0.15) is 0 Å². The van der Waals surface area contributed by atoms with E-state index in [1.807, 2.05) is 11.8 Å². The standard InChI is InChI=1S/C7H14N2O/c1-2-9-4-3-6(5-8)7(9)10/h6H,2-5,8H2,1H3. The van der Waals surface area contributed by atoms with Gasteiger partial charge in [0, 0.05) is 19.6 Å². The minimum absolute atomic E-state index is 0.111. The maximum absolute atomic E-state index is 11.2. The van der Waals surface area contributed by atoms with Crippen molar-refractivity contribution in [1.29, 1.82) is 0 Å². The SMILES string of the molecule is CCN1CCC(CN)C1=O. The third-order valence-electron chi connectivity index (χ3n) is 2.07. The van der Waals surface area contributed by atoms with Crippen molar-refractivity contribution < 1.29 is 4.79 Å². The van der Waals surface area contributed by atoms with E-state index < -0.39 is 0 Å². The smallest absolute Gasteiger partial charge is 0.227 e. The predicted octanol–water partition coefficient (Wildman–Crippen LogP) is -0.186. The molecule has 1 aliphatic heterocycles. The van der Waals surface area contributed by atoms with E-state index in [2.05, 4.69) is 0 Å². The summed E-state index contributed by atoms with van der Waals surface area (Å²) >= 11 is 0. The lowest BCUT2D eigenvalue weighted by atomic mass is 10.1. The van der Waals surface area contributed by atoms with Crippen LogP contribution < -0.4 is 5.73 Å². The van der Waals surface area contributed by atoms with Crippen molar-refractivity contribution in [3.05, 3.63) is 0 Å². The lowest BCUT2D eigenvalue weighted by molar-refractivity contribution is -0.130. The molecule has 0 aromatic carbocycles. The van der Waals surface area contributed by atoms with E-state index in [0.29, 0.717) is 6.54 Å². The van der Waals surface area contributed by atoms with Crippen molar-refractivity contribution in [3.63, 3.8) is 0 Å². The quantitative estimate of drug-likeness (QED) is 0.581.